The third-order valence-electron chi connectivity index (χ3n) is 2.46. The molecule has 0 spiro atoms. The zero-order valence-corrected chi connectivity index (χ0v) is 13.3. The Kier molecular flexibility index (Phi) is 6.95. The molecule has 0 radical (unpaired) electrons. The van der Waals surface area contributed by atoms with Crippen molar-refractivity contribution in [2.45, 2.75) is 27.7 Å². The summed E-state index contributed by atoms with van der Waals surface area (Å²) < 4.78 is 0. The van der Waals surface area contributed by atoms with E-state index in [9.17, 15) is 9.59 Å². The van der Waals surface area contributed by atoms with E-state index in [0.29, 0.717) is 11.1 Å². The largest absolute Gasteiger partial charge is 0.271 e. The van der Waals surface area contributed by atoms with Gasteiger partial charge in [0.15, 0.2) is 0 Å². The van der Waals surface area contributed by atoms with Crippen LogP contribution in [0.5, 0.6) is 0 Å². The molecule has 0 saturated heterocycles. The van der Waals surface area contributed by atoms with Crippen LogP contribution in [0.3, 0.4) is 0 Å². The Hall–Kier alpha value is -2.50. The maximum atomic E-state index is 11.9. The summed E-state index contributed by atoms with van der Waals surface area (Å²) in [6.07, 6.45) is 3.27. The van der Waals surface area contributed by atoms with Crippen molar-refractivity contribution >= 4 is 24.2 Å². The molecule has 0 atom stereocenters. The molecule has 1 aromatic carbocycles. The molecule has 0 heterocycles. The fraction of sp³-hybridized carbons (Fsp3) is 0.375. The smallest absolute Gasteiger partial charge is 0.267 e. The van der Waals surface area contributed by atoms with E-state index < -0.39 is 0 Å². The molecule has 0 aliphatic heterocycles. The Balaban J connectivity index is 2.72. The first kappa shape index (κ1) is 17.6. The van der Waals surface area contributed by atoms with E-state index in [1.54, 1.807) is 30.6 Å². The monoisotopic (exact) mass is 302 g/mol. The summed E-state index contributed by atoms with van der Waals surface area (Å²) in [6, 6.07) is 6.38. The average molecular weight is 302 g/mol. The number of benzene rings is 1. The second-order valence-electron chi connectivity index (χ2n) is 5.51. The van der Waals surface area contributed by atoms with Crippen LogP contribution in [0.4, 0.5) is 0 Å². The van der Waals surface area contributed by atoms with E-state index >= 15 is 0 Å². The fourth-order valence-corrected chi connectivity index (χ4v) is 1.42. The highest BCUT2D eigenvalue weighted by Crippen LogP contribution is 2.05. The van der Waals surface area contributed by atoms with Crippen molar-refractivity contribution in [3.05, 3.63) is 35.4 Å². The number of hydrogen-bond acceptors (Lipinski definition) is 4. The van der Waals surface area contributed by atoms with Gasteiger partial charge in [0.2, 0.25) is 0 Å². The molecular formula is C16H22N4O2. The van der Waals surface area contributed by atoms with Crippen molar-refractivity contribution in [1.29, 1.82) is 0 Å². The molecular weight excluding hydrogens is 280 g/mol. The van der Waals surface area contributed by atoms with Gasteiger partial charge >= 0.3 is 0 Å². The summed E-state index contributed by atoms with van der Waals surface area (Å²) >= 11 is 0. The Bertz CT molecular complexity index is 530. The molecule has 0 saturated carbocycles. The van der Waals surface area contributed by atoms with Gasteiger partial charge in [0.05, 0.1) is 0 Å². The number of carbonyl (C=O) groups is 2. The predicted octanol–water partition coefficient (Wildman–Crippen LogP) is 2.43. The van der Waals surface area contributed by atoms with E-state index in [-0.39, 0.29) is 23.7 Å². The molecule has 0 aromatic heterocycles. The van der Waals surface area contributed by atoms with Gasteiger partial charge in [-0.05, 0) is 30.0 Å². The van der Waals surface area contributed by atoms with Crippen LogP contribution in [0.25, 0.3) is 0 Å². The van der Waals surface area contributed by atoms with Crippen LogP contribution in [0.1, 0.15) is 48.4 Å². The predicted molar refractivity (Wildman–Crippen MR) is 88.0 cm³/mol. The first-order valence-electron chi connectivity index (χ1n) is 7.17. The van der Waals surface area contributed by atoms with Gasteiger partial charge < -0.3 is 0 Å². The molecule has 0 unspecified atom stereocenters. The van der Waals surface area contributed by atoms with Crippen molar-refractivity contribution in [3.8, 4) is 0 Å². The Morgan fingerprint density at radius 2 is 1.32 bits per heavy atom. The third kappa shape index (κ3) is 6.30. The minimum absolute atomic E-state index is 0.247. The number of nitrogens with one attached hydrogen (secondary N) is 2. The van der Waals surface area contributed by atoms with Gasteiger partial charge in [0.1, 0.15) is 0 Å². The molecule has 6 nitrogen and oxygen atoms in total. The van der Waals surface area contributed by atoms with Crippen LogP contribution in [-0.4, -0.2) is 24.2 Å². The lowest BCUT2D eigenvalue weighted by Gasteiger charge is -2.04. The SMILES string of the molecule is CC(C)C=NNC(=O)c1cccc(C(=O)NN=CC(C)C)c1. The number of nitrogens with zero attached hydrogens (tertiary/aromatic N) is 2. The lowest BCUT2D eigenvalue weighted by atomic mass is 10.1. The average Bonchev–Trinajstić information content (AvgIpc) is 2.46. The lowest BCUT2D eigenvalue weighted by Crippen LogP contribution is -2.21. The van der Waals surface area contributed by atoms with Crippen LogP contribution < -0.4 is 10.9 Å². The van der Waals surface area contributed by atoms with Gasteiger partial charge in [-0.3, -0.25) is 9.59 Å². The van der Waals surface area contributed by atoms with Gasteiger partial charge in [0.25, 0.3) is 11.8 Å². The number of hydrogen-bond donors (Lipinski definition) is 2. The van der Waals surface area contributed by atoms with E-state index in [2.05, 4.69) is 21.1 Å². The summed E-state index contributed by atoms with van der Waals surface area (Å²) in [7, 11) is 0. The molecule has 0 aliphatic rings. The standard InChI is InChI=1S/C16H22N4O2/c1-11(2)9-17-19-15(21)13-6-5-7-14(8-13)16(22)20-18-10-12(3)4/h5-12H,1-4H3,(H,19,21)(H,20,22). The van der Waals surface area contributed by atoms with E-state index in [1.165, 1.54) is 6.07 Å². The Morgan fingerprint density at radius 3 is 1.68 bits per heavy atom. The zero-order valence-electron chi connectivity index (χ0n) is 13.3. The molecule has 0 aliphatic carbocycles. The molecule has 0 bridgehead atoms. The Labute approximate surface area is 130 Å². The number of carbonyl (C=O) groups excluding carboxylic acids is 2. The van der Waals surface area contributed by atoms with Gasteiger partial charge in [-0.2, -0.15) is 10.2 Å². The number of hydrazone groups is 2. The van der Waals surface area contributed by atoms with E-state index in [4.69, 9.17) is 0 Å². The Morgan fingerprint density at radius 1 is 0.909 bits per heavy atom. The zero-order chi connectivity index (χ0) is 16.5. The summed E-state index contributed by atoms with van der Waals surface area (Å²) in [5.74, 6) is -0.234. The van der Waals surface area contributed by atoms with Crippen molar-refractivity contribution in [1.82, 2.24) is 10.9 Å². The van der Waals surface area contributed by atoms with Crippen LogP contribution in [0, 0.1) is 11.8 Å². The van der Waals surface area contributed by atoms with Gasteiger partial charge in [0, 0.05) is 23.6 Å². The van der Waals surface area contributed by atoms with Gasteiger partial charge in [-0.1, -0.05) is 33.8 Å². The summed E-state index contributed by atoms with van der Waals surface area (Å²) in [6.45, 7) is 7.83. The summed E-state index contributed by atoms with van der Waals surface area (Å²) in [5, 5.41) is 7.68. The van der Waals surface area contributed by atoms with Crippen LogP contribution in [0.15, 0.2) is 34.5 Å². The number of amides is 2. The van der Waals surface area contributed by atoms with Gasteiger partial charge in [-0.25, -0.2) is 10.9 Å². The maximum Gasteiger partial charge on any atom is 0.271 e. The molecule has 6 heteroatoms. The first-order chi connectivity index (χ1) is 10.4. The molecule has 2 amide bonds. The maximum absolute atomic E-state index is 11.9. The molecule has 118 valence electrons. The van der Waals surface area contributed by atoms with Crippen molar-refractivity contribution < 1.29 is 9.59 Å². The minimum Gasteiger partial charge on any atom is -0.267 e. The lowest BCUT2D eigenvalue weighted by molar-refractivity contribution is 0.0954. The topological polar surface area (TPSA) is 82.9 Å². The highest BCUT2D eigenvalue weighted by Gasteiger charge is 2.09. The highest BCUT2D eigenvalue weighted by atomic mass is 16.2. The van der Waals surface area contributed by atoms with Crippen molar-refractivity contribution in [2.75, 3.05) is 0 Å². The van der Waals surface area contributed by atoms with Crippen LogP contribution >= 0.6 is 0 Å². The third-order valence-corrected chi connectivity index (χ3v) is 2.46. The summed E-state index contributed by atoms with van der Waals surface area (Å²) in [4.78, 5) is 23.8. The molecule has 22 heavy (non-hydrogen) atoms. The quantitative estimate of drug-likeness (QED) is 0.625. The fourth-order valence-electron chi connectivity index (χ4n) is 1.42. The van der Waals surface area contributed by atoms with Gasteiger partial charge in [-0.15, -0.1) is 0 Å². The minimum atomic E-state index is -0.364. The molecule has 1 aromatic rings. The van der Waals surface area contributed by atoms with Crippen molar-refractivity contribution in [3.63, 3.8) is 0 Å². The van der Waals surface area contributed by atoms with Crippen molar-refractivity contribution in [2.24, 2.45) is 22.0 Å². The second-order valence-corrected chi connectivity index (χ2v) is 5.51. The van der Waals surface area contributed by atoms with E-state index in [1.807, 2.05) is 27.7 Å². The van der Waals surface area contributed by atoms with E-state index in [0.717, 1.165) is 0 Å². The van der Waals surface area contributed by atoms with Crippen LogP contribution in [-0.2, 0) is 0 Å². The summed E-state index contributed by atoms with van der Waals surface area (Å²) in [5.41, 5.74) is 5.57. The second kappa shape index (κ2) is 8.71. The first-order valence-corrected chi connectivity index (χ1v) is 7.17. The molecule has 0 fully saturated rings. The van der Waals surface area contributed by atoms with Crippen LogP contribution in [0.2, 0.25) is 0 Å². The highest BCUT2D eigenvalue weighted by molar-refractivity contribution is 5.99. The number of rotatable bonds is 6. The molecule has 1 rings (SSSR count). The normalized spacial score (nSPS) is 11.5. The molecule has 2 N–H and O–H groups in total.